The Morgan fingerprint density at radius 2 is 1.76 bits per heavy atom. The summed E-state index contributed by atoms with van der Waals surface area (Å²) in [5.41, 5.74) is 2.93. The second-order valence-electron chi connectivity index (χ2n) is 10.3. The van der Waals surface area contributed by atoms with Crippen molar-refractivity contribution in [2.45, 2.75) is 76.5 Å². The average Bonchev–Trinajstić information content (AvgIpc) is 3.45. The Bertz CT molecular complexity index is 1100. The molecule has 0 amide bonds. The fraction of sp³-hybridized carbons (Fsp3) is 0.571. The number of ether oxygens (including phenoxy) is 1. The second-order valence-corrected chi connectivity index (χ2v) is 11.4. The molecule has 1 atom stereocenters. The van der Waals surface area contributed by atoms with Gasteiger partial charge in [-0.2, -0.15) is 0 Å². The number of piperazine rings is 1. The van der Waals surface area contributed by atoms with Gasteiger partial charge in [-0.25, -0.2) is 9.97 Å². The van der Waals surface area contributed by atoms with Crippen molar-refractivity contribution in [1.29, 1.82) is 0 Å². The Balaban J connectivity index is 1.04. The Hall–Kier alpha value is -2.02. The summed E-state index contributed by atoms with van der Waals surface area (Å²) >= 11 is 1.86. The lowest BCUT2D eigenvalue weighted by Gasteiger charge is -2.42. The number of benzene rings is 1. The number of hydrogen-bond donors (Lipinski definition) is 0. The van der Waals surface area contributed by atoms with Crippen molar-refractivity contribution in [3.8, 4) is 5.88 Å². The summed E-state index contributed by atoms with van der Waals surface area (Å²) < 4.78 is 6.59. The SMILES string of the molecule is CC[C@H]1CCc2sc3ncnc(OC4CCC(N5CCN(Cc6ccccc6)CC5)CC4)c3c21. The van der Waals surface area contributed by atoms with Crippen molar-refractivity contribution in [3.05, 3.63) is 52.7 Å². The average molecular weight is 477 g/mol. The molecule has 2 aliphatic carbocycles. The van der Waals surface area contributed by atoms with Gasteiger partial charge in [0.05, 0.1) is 5.39 Å². The lowest BCUT2D eigenvalue weighted by atomic mass is 9.91. The van der Waals surface area contributed by atoms with Crippen LogP contribution in [0.25, 0.3) is 10.2 Å². The minimum atomic E-state index is 0.283. The van der Waals surface area contributed by atoms with Crippen LogP contribution in [0.15, 0.2) is 36.7 Å². The maximum atomic E-state index is 6.59. The largest absolute Gasteiger partial charge is 0.474 e. The minimum Gasteiger partial charge on any atom is -0.474 e. The van der Waals surface area contributed by atoms with Crippen LogP contribution < -0.4 is 4.74 Å². The highest BCUT2D eigenvalue weighted by atomic mass is 32.1. The van der Waals surface area contributed by atoms with Gasteiger partial charge in [-0.3, -0.25) is 9.80 Å². The summed E-state index contributed by atoms with van der Waals surface area (Å²) in [5, 5.41) is 1.23. The van der Waals surface area contributed by atoms with Gasteiger partial charge in [0, 0.05) is 43.6 Å². The molecule has 0 radical (unpaired) electrons. The van der Waals surface area contributed by atoms with E-state index in [4.69, 9.17) is 4.74 Å². The van der Waals surface area contributed by atoms with Gasteiger partial charge >= 0.3 is 0 Å². The number of fused-ring (bicyclic) bond motifs is 3. The molecule has 0 spiro atoms. The molecule has 0 bridgehead atoms. The van der Waals surface area contributed by atoms with Crippen LogP contribution in [0.5, 0.6) is 5.88 Å². The van der Waals surface area contributed by atoms with Crippen LogP contribution in [-0.4, -0.2) is 58.1 Å². The zero-order valence-electron chi connectivity index (χ0n) is 20.3. The molecule has 180 valence electrons. The summed E-state index contributed by atoms with van der Waals surface area (Å²) in [6.45, 7) is 8.10. The molecule has 3 aromatic rings. The van der Waals surface area contributed by atoms with Crippen LogP contribution >= 0.6 is 11.3 Å². The Kier molecular flexibility index (Phi) is 6.55. The molecule has 0 unspecified atom stereocenters. The van der Waals surface area contributed by atoms with Gasteiger partial charge in [-0.05, 0) is 62.0 Å². The zero-order valence-corrected chi connectivity index (χ0v) is 21.1. The topological polar surface area (TPSA) is 41.5 Å². The van der Waals surface area contributed by atoms with Crippen molar-refractivity contribution < 1.29 is 4.74 Å². The number of rotatable bonds is 6. The molecule has 6 heteroatoms. The molecule has 1 saturated carbocycles. The summed E-state index contributed by atoms with van der Waals surface area (Å²) in [6.07, 6.45) is 10.4. The molecular formula is C28H36N4OS. The second kappa shape index (κ2) is 9.92. The van der Waals surface area contributed by atoms with Crippen LogP contribution in [0.1, 0.15) is 67.4 Å². The van der Waals surface area contributed by atoms with Crippen molar-refractivity contribution >= 4 is 21.6 Å². The molecule has 1 aromatic carbocycles. The molecule has 3 aliphatic rings. The van der Waals surface area contributed by atoms with Gasteiger partial charge in [0.15, 0.2) is 0 Å². The van der Waals surface area contributed by atoms with Crippen LogP contribution in [0, 0.1) is 0 Å². The van der Waals surface area contributed by atoms with E-state index in [-0.39, 0.29) is 6.10 Å². The first-order valence-corrected chi connectivity index (χ1v) is 14.0. The highest BCUT2D eigenvalue weighted by Crippen LogP contribution is 2.47. The predicted octanol–water partition coefficient (Wildman–Crippen LogP) is 5.64. The van der Waals surface area contributed by atoms with Crippen LogP contribution in [0.4, 0.5) is 0 Å². The maximum Gasteiger partial charge on any atom is 0.225 e. The molecule has 5 nitrogen and oxygen atoms in total. The third kappa shape index (κ3) is 4.48. The van der Waals surface area contributed by atoms with Crippen molar-refractivity contribution in [1.82, 2.24) is 19.8 Å². The molecular weight excluding hydrogens is 440 g/mol. The summed E-state index contributed by atoms with van der Waals surface area (Å²) in [6, 6.07) is 11.6. The summed E-state index contributed by atoms with van der Waals surface area (Å²) in [4.78, 5) is 17.2. The number of aromatic nitrogens is 2. The molecule has 0 N–H and O–H groups in total. The maximum absolute atomic E-state index is 6.59. The number of nitrogens with zero attached hydrogens (tertiary/aromatic N) is 4. The molecule has 1 aliphatic heterocycles. The van der Waals surface area contributed by atoms with Crippen molar-refractivity contribution in [2.75, 3.05) is 26.2 Å². The van der Waals surface area contributed by atoms with E-state index in [2.05, 4.69) is 57.0 Å². The van der Waals surface area contributed by atoms with Crippen LogP contribution in [0.3, 0.4) is 0 Å². The number of aryl methyl sites for hydroxylation is 1. The van der Waals surface area contributed by atoms with E-state index in [1.807, 2.05) is 11.3 Å². The van der Waals surface area contributed by atoms with Crippen molar-refractivity contribution in [3.63, 3.8) is 0 Å². The van der Waals surface area contributed by atoms with E-state index in [9.17, 15) is 0 Å². The monoisotopic (exact) mass is 476 g/mol. The van der Waals surface area contributed by atoms with E-state index in [0.29, 0.717) is 12.0 Å². The molecule has 1 saturated heterocycles. The Labute approximate surface area is 207 Å². The summed E-state index contributed by atoms with van der Waals surface area (Å²) in [7, 11) is 0. The van der Waals surface area contributed by atoms with E-state index in [1.165, 1.54) is 79.7 Å². The van der Waals surface area contributed by atoms with Gasteiger partial charge < -0.3 is 4.74 Å². The van der Waals surface area contributed by atoms with Crippen LogP contribution in [-0.2, 0) is 13.0 Å². The lowest BCUT2D eigenvalue weighted by Crippen LogP contribution is -2.51. The standard InChI is InChI=1S/C28H36N4OS/c1-2-21-8-13-24-25(21)26-27(29-19-30-28(26)34-24)33-23-11-9-22(10-12-23)32-16-14-31(15-17-32)18-20-6-4-3-5-7-20/h3-7,19,21-23H,2,8-18H2,1H3/t21-,22?,23?/m0/s1. The van der Waals surface area contributed by atoms with E-state index in [1.54, 1.807) is 6.33 Å². The van der Waals surface area contributed by atoms with Gasteiger partial charge in [-0.1, -0.05) is 37.3 Å². The van der Waals surface area contributed by atoms with E-state index in [0.717, 1.165) is 30.1 Å². The third-order valence-corrected chi connectivity index (χ3v) is 9.46. The highest BCUT2D eigenvalue weighted by molar-refractivity contribution is 7.19. The molecule has 2 fully saturated rings. The van der Waals surface area contributed by atoms with E-state index < -0.39 is 0 Å². The first kappa shape index (κ1) is 22.4. The number of thiophene rings is 1. The lowest BCUT2D eigenvalue weighted by molar-refractivity contribution is 0.0487. The first-order valence-electron chi connectivity index (χ1n) is 13.2. The van der Waals surface area contributed by atoms with Gasteiger partial charge in [0.1, 0.15) is 17.3 Å². The summed E-state index contributed by atoms with van der Waals surface area (Å²) in [5.74, 6) is 1.49. The van der Waals surface area contributed by atoms with Crippen molar-refractivity contribution in [2.24, 2.45) is 0 Å². The predicted molar refractivity (Wildman–Crippen MR) is 139 cm³/mol. The smallest absolute Gasteiger partial charge is 0.225 e. The van der Waals surface area contributed by atoms with Gasteiger partial charge in [0.25, 0.3) is 0 Å². The van der Waals surface area contributed by atoms with Gasteiger partial charge in [0.2, 0.25) is 5.88 Å². The normalized spacial score (nSPS) is 26.1. The first-order chi connectivity index (χ1) is 16.8. The fourth-order valence-corrected chi connectivity index (χ4v) is 7.58. The Morgan fingerprint density at radius 1 is 0.971 bits per heavy atom. The van der Waals surface area contributed by atoms with Gasteiger partial charge in [-0.15, -0.1) is 11.3 Å². The quantitative estimate of drug-likeness (QED) is 0.461. The fourth-order valence-electron chi connectivity index (χ4n) is 6.35. The molecule has 34 heavy (non-hydrogen) atoms. The number of hydrogen-bond acceptors (Lipinski definition) is 6. The van der Waals surface area contributed by atoms with Crippen LogP contribution in [0.2, 0.25) is 0 Å². The minimum absolute atomic E-state index is 0.283. The molecule has 3 heterocycles. The van der Waals surface area contributed by atoms with E-state index >= 15 is 0 Å². The third-order valence-electron chi connectivity index (χ3n) is 8.28. The Morgan fingerprint density at radius 3 is 2.53 bits per heavy atom. The zero-order chi connectivity index (χ0) is 22.9. The highest BCUT2D eigenvalue weighted by Gasteiger charge is 2.32. The molecule has 6 rings (SSSR count). The molecule has 2 aromatic heterocycles.